The first-order valence-electron chi connectivity index (χ1n) is 16.7. The first kappa shape index (κ1) is 38.3. The van der Waals surface area contributed by atoms with Crippen molar-refractivity contribution in [2.24, 2.45) is 23.7 Å². The Bertz CT molecular complexity index is 1120. The largest absolute Gasteiger partial charge is 0.458 e. The Hall–Kier alpha value is -2.12. The van der Waals surface area contributed by atoms with Gasteiger partial charge in [-0.15, -0.1) is 0 Å². The number of cyclic esters (lactones) is 1. The molecule has 12 nitrogen and oxygen atoms in total. The van der Waals surface area contributed by atoms with Crippen LogP contribution in [0, 0.1) is 23.7 Å². The summed E-state index contributed by atoms with van der Waals surface area (Å²) in [5.41, 5.74) is -2.48. The maximum atomic E-state index is 14.3. The van der Waals surface area contributed by atoms with Gasteiger partial charge < -0.3 is 38.2 Å². The van der Waals surface area contributed by atoms with Gasteiger partial charge in [0.1, 0.15) is 23.9 Å². The second-order valence-corrected chi connectivity index (χ2v) is 14.2. The van der Waals surface area contributed by atoms with E-state index in [1.165, 1.54) is 18.9 Å². The lowest BCUT2D eigenvalue weighted by Gasteiger charge is -2.48. The molecule has 264 valence electrons. The summed E-state index contributed by atoms with van der Waals surface area (Å²) >= 11 is 0. The van der Waals surface area contributed by atoms with Gasteiger partial charge in [0.05, 0.1) is 23.9 Å². The van der Waals surface area contributed by atoms with Gasteiger partial charge in [-0.25, -0.2) is 4.79 Å². The van der Waals surface area contributed by atoms with Gasteiger partial charge in [0.25, 0.3) is 0 Å². The third kappa shape index (κ3) is 7.16. The van der Waals surface area contributed by atoms with Gasteiger partial charge >= 0.3 is 12.1 Å². The Morgan fingerprint density at radius 3 is 2.11 bits per heavy atom. The summed E-state index contributed by atoms with van der Waals surface area (Å²) in [6.45, 7) is 16.3. The Kier molecular flexibility index (Phi) is 12.5. The molecule has 12 unspecified atom stereocenters. The lowest BCUT2D eigenvalue weighted by Crippen LogP contribution is -2.60. The molecular formula is C34H58N2O10. The number of nitrogens with zero attached hydrogens (tertiary/aromatic N) is 2. The summed E-state index contributed by atoms with van der Waals surface area (Å²) in [6, 6.07) is -0.723. The van der Waals surface area contributed by atoms with E-state index in [9.17, 15) is 19.2 Å². The molecule has 0 aromatic carbocycles. The molecule has 3 saturated heterocycles. The van der Waals surface area contributed by atoms with E-state index in [0.29, 0.717) is 13.0 Å². The van der Waals surface area contributed by atoms with Crippen LogP contribution in [0.5, 0.6) is 0 Å². The van der Waals surface area contributed by atoms with Crippen LogP contribution in [0.25, 0.3) is 0 Å². The van der Waals surface area contributed by atoms with Crippen molar-refractivity contribution in [3.05, 3.63) is 0 Å². The summed E-state index contributed by atoms with van der Waals surface area (Å²) in [6.07, 6.45) is -2.64. The van der Waals surface area contributed by atoms with Crippen LogP contribution in [0.3, 0.4) is 0 Å². The third-order valence-corrected chi connectivity index (χ3v) is 10.7. The fraction of sp³-hybridized carbons (Fsp3) is 0.882. The summed E-state index contributed by atoms with van der Waals surface area (Å²) in [5.74, 6) is -4.49. The third-order valence-electron chi connectivity index (χ3n) is 10.7. The Labute approximate surface area is 275 Å². The Morgan fingerprint density at radius 2 is 1.59 bits per heavy atom. The quantitative estimate of drug-likeness (QED) is 0.293. The average Bonchev–Trinajstić information content (AvgIpc) is 3.28. The second kappa shape index (κ2) is 15.0. The predicted octanol–water partition coefficient (Wildman–Crippen LogP) is 3.86. The molecular weight excluding hydrogens is 596 g/mol. The Morgan fingerprint density at radius 1 is 0.957 bits per heavy atom. The summed E-state index contributed by atoms with van der Waals surface area (Å²) < 4.78 is 37.0. The number of Topliss-reactive ketones (excluding diaryl/α,β-unsaturated/α-hetero) is 2. The van der Waals surface area contributed by atoms with Crippen molar-refractivity contribution in [2.75, 3.05) is 34.9 Å². The van der Waals surface area contributed by atoms with Crippen LogP contribution in [0.15, 0.2) is 0 Å². The molecule has 0 aromatic rings. The first-order chi connectivity index (χ1) is 21.4. The minimum Gasteiger partial charge on any atom is -0.458 e. The van der Waals surface area contributed by atoms with Crippen molar-refractivity contribution in [2.45, 2.75) is 136 Å². The van der Waals surface area contributed by atoms with Gasteiger partial charge in [-0.3, -0.25) is 14.4 Å². The number of ketones is 2. The van der Waals surface area contributed by atoms with Crippen molar-refractivity contribution in [1.82, 2.24) is 9.80 Å². The number of amides is 1. The van der Waals surface area contributed by atoms with E-state index in [4.69, 9.17) is 28.4 Å². The number of hydrogen-bond donors (Lipinski definition) is 0. The maximum Gasteiger partial charge on any atom is 0.410 e. The molecule has 3 aliphatic heterocycles. The molecule has 46 heavy (non-hydrogen) atoms. The van der Waals surface area contributed by atoms with Crippen molar-refractivity contribution < 1.29 is 47.6 Å². The smallest absolute Gasteiger partial charge is 0.410 e. The molecule has 0 aromatic heterocycles. The first-order valence-corrected chi connectivity index (χ1v) is 16.7. The van der Waals surface area contributed by atoms with E-state index in [-0.39, 0.29) is 24.3 Å². The molecule has 3 rings (SSSR count). The molecule has 3 fully saturated rings. The highest BCUT2D eigenvalue weighted by molar-refractivity contribution is 6.00. The second-order valence-electron chi connectivity index (χ2n) is 14.2. The lowest BCUT2D eigenvalue weighted by molar-refractivity contribution is -0.299. The number of esters is 1. The zero-order valence-electron chi connectivity index (χ0n) is 30.2. The Balaban J connectivity index is 2.14. The number of methoxy groups -OCH3 is 2. The topological polar surface area (TPSA) is 130 Å². The molecule has 13 atom stereocenters. The van der Waals surface area contributed by atoms with Crippen LogP contribution >= 0.6 is 0 Å². The van der Waals surface area contributed by atoms with Crippen molar-refractivity contribution in [3.8, 4) is 0 Å². The monoisotopic (exact) mass is 654 g/mol. The average molecular weight is 655 g/mol. The van der Waals surface area contributed by atoms with Crippen LogP contribution in [0.1, 0.15) is 81.6 Å². The predicted molar refractivity (Wildman–Crippen MR) is 170 cm³/mol. The molecule has 0 bridgehead atoms. The SMILES string of the molecule is CC[C@H]1OC(=O)C(C)C(=O)C(C)C(OC2OC(C)CC(N(C)C)C2OC)C(C)(OC)CC(C)C(=O)C(C)C2N(CC)C(=O)OC21C. The van der Waals surface area contributed by atoms with Gasteiger partial charge in [0, 0.05) is 44.6 Å². The zero-order valence-corrected chi connectivity index (χ0v) is 30.2. The highest BCUT2D eigenvalue weighted by atomic mass is 16.7. The summed E-state index contributed by atoms with van der Waals surface area (Å²) in [7, 11) is 7.07. The number of carbonyl (C=O) groups is 4. The highest BCUT2D eigenvalue weighted by Crippen LogP contribution is 2.43. The molecule has 3 heterocycles. The number of carbonyl (C=O) groups excluding carboxylic acids is 4. The van der Waals surface area contributed by atoms with Crippen LogP contribution in [-0.2, 0) is 42.8 Å². The minimum absolute atomic E-state index is 0.0227. The fourth-order valence-corrected chi connectivity index (χ4v) is 8.05. The number of ether oxygens (including phenoxy) is 6. The van der Waals surface area contributed by atoms with Gasteiger partial charge in [-0.1, -0.05) is 27.7 Å². The van der Waals surface area contributed by atoms with E-state index < -0.39 is 83.4 Å². The van der Waals surface area contributed by atoms with E-state index in [0.717, 1.165) is 6.42 Å². The number of rotatable bonds is 7. The molecule has 0 N–H and O–H groups in total. The molecule has 12 heteroatoms. The number of likely N-dealkylation sites (N-methyl/N-ethyl adjacent to an activating group) is 2. The van der Waals surface area contributed by atoms with Crippen LogP contribution < -0.4 is 0 Å². The normalized spacial score (nSPS) is 43.3. The van der Waals surface area contributed by atoms with Crippen molar-refractivity contribution in [1.29, 1.82) is 0 Å². The minimum atomic E-state index is -1.31. The summed E-state index contributed by atoms with van der Waals surface area (Å²) in [4.78, 5) is 58.8. The van der Waals surface area contributed by atoms with E-state index in [2.05, 4.69) is 4.90 Å². The number of fused-ring (bicyclic) bond motifs is 1. The van der Waals surface area contributed by atoms with Crippen molar-refractivity contribution >= 4 is 23.6 Å². The molecule has 0 radical (unpaired) electrons. The van der Waals surface area contributed by atoms with E-state index in [1.54, 1.807) is 27.9 Å². The van der Waals surface area contributed by atoms with Crippen LogP contribution in [-0.4, -0.2) is 122 Å². The van der Waals surface area contributed by atoms with Gasteiger partial charge in [0.2, 0.25) is 0 Å². The van der Waals surface area contributed by atoms with E-state index >= 15 is 0 Å². The molecule has 0 saturated carbocycles. The van der Waals surface area contributed by atoms with Gasteiger partial charge in [0.15, 0.2) is 17.7 Å². The van der Waals surface area contributed by atoms with Crippen molar-refractivity contribution in [3.63, 3.8) is 0 Å². The van der Waals surface area contributed by atoms with E-state index in [1.807, 2.05) is 48.7 Å². The molecule has 3 aliphatic rings. The summed E-state index contributed by atoms with van der Waals surface area (Å²) in [5, 5.41) is 0. The maximum absolute atomic E-state index is 14.3. The fourth-order valence-electron chi connectivity index (χ4n) is 8.05. The van der Waals surface area contributed by atoms with Gasteiger partial charge in [-0.05, 0) is 68.0 Å². The van der Waals surface area contributed by atoms with Crippen LogP contribution in [0.2, 0.25) is 0 Å². The zero-order chi connectivity index (χ0) is 34.9. The number of hydrogen-bond acceptors (Lipinski definition) is 11. The lowest BCUT2D eigenvalue weighted by atomic mass is 9.73. The van der Waals surface area contributed by atoms with Gasteiger partial charge in [-0.2, -0.15) is 0 Å². The molecule has 0 aliphatic carbocycles. The molecule has 1 amide bonds. The molecule has 0 spiro atoms. The standard InChI is InChI=1S/C34H58N2O10/c1-14-24-34(9)28(36(15-2)32(40)46-34)20(5)25(37)18(3)17-33(8,42-13)29(21(6)26(38)22(7)30(39)44-24)45-31-27(41-12)23(35(10)11)16-19(4)43-31/h18-24,27-29,31H,14-17H2,1-13H3/t18?,19?,20?,21?,22?,23?,24-,27?,28?,29?,31?,33?,34?/m1/s1. The highest BCUT2D eigenvalue weighted by Gasteiger charge is 2.60. The van der Waals surface area contributed by atoms with Crippen LogP contribution in [0.4, 0.5) is 4.79 Å².